The predicted octanol–water partition coefficient (Wildman–Crippen LogP) is 2.04. The van der Waals surface area contributed by atoms with E-state index in [1.165, 1.54) is 0 Å². The molecule has 0 spiro atoms. The third-order valence-corrected chi connectivity index (χ3v) is 5.50. The minimum absolute atomic E-state index is 0.225. The number of aromatic nitrogens is 1. The monoisotopic (exact) mass is 408 g/mol. The molecule has 8 heteroatoms. The summed E-state index contributed by atoms with van der Waals surface area (Å²) in [5, 5.41) is 0. The fourth-order valence-corrected chi connectivity index (χ4v) is 3.78. The van der Waals surface area contributed by atoms with Crippen LogP contribution in [0.1, 0.15) is 43.2 Å². The molecule has 164 valence electrons. The summed E-state index contributed by atoms with van der Waals surface area (Å²) in [5.41, 5.74) is 2.33. The first-order chi connectivity index (χ1) is 13.8. The molecule has 0 atom stereocenters. The molecule has 1 aliphatic rings. The zero-order valence-electron chi connectivity index (χ0n) is 18.8. The lowest BCUT2D eigenvalue weighted by atomic mass is 10.1. The summed E-state index contributed by atoms with van der Waals surface area (Å²) in [6.45, 7) is 13.2. The minimum atomic E-state index is -0.314. The third-order valence-electron chi connectivity index (χ3n) is 5.50. The van der Waals surface area contributed by atoms with Crippen molar-refractivity contribution in [1.29, 1.82) is 0 Å². The summed E-state index contributed by atoms with van der Waals surface area (Å²) in [7, 11) is 4.12. The molecule has 1 aromatic heterocycles. The van der Waals surface area contributed by atoms with Gasteiger partial charge >= 0.3 is 11.9 Å². The Bertz CT molecular complexity index is 708. The van der Waals surface area contributed by atoms with E-state index < -0.39 is 0 Å². The van der Waals surface area contributed by atoms with Gasteiger partial charge in [0.05, 0.1) is 25.3 Å². The second kappa shape index (κ2) is 10.5. The lowest BCUT2D eigenvalue weighted by Gasteiger charge is -2.36. The summed E-state index contributed by atoms with van der Waals surface area (Å²) in [6, 6.07) is 0. The molecule has 8 nitrogen and oxygen atoms in total. The van der Waals surface area contributed by atoms with Gasteiger partial charge in [-0.25, -0.2) is 4.79 Å². The molecule has 2 rings (SSSR count). The van der Waals surface area contributed by atoms with Gasteiger partial charge in [0.25, 0.3) is 0 Å². The number of nitrogens with zero attached hydrogens (tertiary/aromatic N) is 4. The number of hydrogen-bond acceptors (Lipinski definition) is 7. The van der Waals surface area contributed by atoms with Crippen LogP contribution in [0.15, 0.2) is 0 Å². The Hall–Kier alpha value is -2.22. The maximum Gasteiger partial charge on any atom is 0.342 e. The van der Waals surface area contributed by atoms with Crippen LogP contribution < -0.4 is 9.80 Å². The first-order valence-electron chi connectivity index (χ1n) is 10.6. The zero-order chi connectivity index (χ0) is 21.6. The van der Waals surface area contributed by atoms with Crippen molar-refractivity contribution in [2.75, 3.05) is 69.3 Å². The van der Waals surface area contributed by atoms with Gasteiger partial charge in [0, 0.05) is 52.0 Å². The second-order valence-corrected chi connectivity index (χ2v) is 7.34. The summed E-state index contributed by atoms with van der Waals surface area (Å²) in [4.78, 5) is 31.6. The smallest absolute Gasteiger partial charge is 0.342 e. The van der Waals surface area contributed by atoms with Crippen molar-refractivity contribution >= 4 is 23.4 Å². The average Bonchev–Trinajstić information content (AvgIpc) is 2.95. The fourth-order valence-electron chi connectivity index (χ4n) is 3.78. The van der Waals surface area contributed by atoms with E-state index in [1.54, 1.807) is 6.92 Å². The molecule has 2 heterocycles. The first kappa shape index (κ1) is 23.1. The number of carbonyl (C=O) groups excluding carboxylic acids is 2. The Morgan fingerprint density at radius 1 is 1.00 bits per heavy atom. The molecule has 1 aliphatic heterocycles. The van der Waals surface area contributed by atoms with Crippen LogP contribution in [-0.2, 0) is 21.3 Å². The number of carbonyl (C=O) groups is 2. The molecule has 0 bridgehead atoms. The van der Waals surface area contributed by atoms with E-state index in [1.807, 2.05) is 27.8 Å². The van der Waals surface area contributed by atoms with Crippen molar-refractivity contribution in [2.45, 2.75) is 34.1 Å². The second-order valence-electron chi connectivity index (χ2n) is 7.34. The molecule has 0 amide bonds. The SMILES string of the molecule is CCOC(=O)CCN(CC)c1c(C(=O)OCC)c(C)n(C)c1N1CCN(C)CC1. The van der Waals surface area contributed by atoms with E-state index in [0.717, 1.165) is 43.4 Å². The topological polar surface area (TPSA) is 67.2 Å². The standard InChI is InChI=1S/C21H36N4O4/c1-7-24(11-10-17(26)28-8-2)19-18(21(27)29-9-3)16(4)23(6)20(19)25-14-12-22(5)13-15-25/h7-15H2,1-6H3. The summed E-state index contributed by atoms with van der Waals surface area (Å²) < 4.78 is 12.6. The van der Waals surface area contributed by atoms with Gasteiger partial charge in [-0.1, -0.05) is 0 Å². The van der Waals surface area contributed by atoms with Crippen LogP contribution in [0.2, 0.25) is 0 Å². The van der Waals surface area contributed by atoms with Crippen LogP contribution in [0.5, 0.6) is 0 Å². The lowest BCUT2D eigenvalue weighted by molar-refractivity contribution is -0.142. The molecule has 0 saturated carbocycles. The molecule has 1 fully saturated rings. The van der Waals surface area contributed by atoms with Gasteiger partial charge in [-0.2, -0.15) is 0 Å². The van der Waals surface area contributed by atoms with Crippen LogP contribution in [-0.4, -0.2) is 80.9 Å². The molecule has 0 aromatic carbocycles. The quantitative estimate of drug-likeness (QED) is 0.579. The van der Waals surface area contributed by atoms with E-state index >= 15 is 0 Å². The fraction of sp³-hybridized carbons (Fsp3) is 0.714. The van der Waals surface area contributed by atoms with Crippen molar-refractivity contribution in [2.24, 2.45) is 7.05 Å². The maximum atomic E-state index is 12.9. The Balaban J connectivity index is 2.47. The number of anilines is 2. The summed E-state index contributed by atoms with van der Waals surface area (Å²) in [5.74, 6) is 0.479. The molecule has 0 aliphatic carbocycles. The number of piperazine rings is 1. The Morgan fingerprint density at radius 2 is 1.62 bits per heavy atom. The number of rotatable bonds is 9. The molecule has 0 radical (unpaired) electrons. The van der Waals surface area contributed by atoms with Crippen LogP contribution in [0, 0.1) is 6.92 Å². The Morgan fingerprint density at radius 3 is 2.17 bits per heavy atom. The average molecular weight is 409 g/mol. The third kappa shape index (κ3) is 5.23. The van der Waals surface area contributed by atoms with E-state index in [0.29, 0.717) is 31.9 Å². The number of esters is 2. The van der Waals surface area contributed by atoms with Crippen molar-refractivity contribution < 1.29 is 19.1 Å². The molecule has 0 N–H and O–H groups in total. The maximum absolute atomic E-state index is 12.9. The first-order valence-corrected chi connectivity index (χ1v) is 10.6. The van der Waals surface area contributed by atoms with Gasteiger partial charge in [-0.3, -0.25) is 4.79 Å². The number of likely N-dealkylation sites (N-methyl/N-ethyl adjacent to an activating group) is 1. The van der Waals surface area contributed by atoms with Crippen molar-refractivity contribution in [3.63, 3.8) is 0 Å². The molecular formula is C21H36N4O4. The van der Waals surface area contributed by atoms with Crippen LogP contribution in [0.25, 0.3) is 0 Å². The minimum Gasteiger partial charge on any atom is -0.466 e. The molecule has 29 heavy (non-hydrogen) atoms. The van der Waals surface area contributed by atoms with Gasteiger partial charge in [0.1, 0.15) is 11.4 Å². The van der Waals surface area contributed by atoms with Crippen LogP contribution in [0.3, 0.4) is 0 Å². The molecule has 1 aromatic rings. The molecule has 0 unspecified atom stereocenters. The van der Waals surface area contributed by atoms with Crippen molar-refractivity contribution in [3.05, 3.63) is 11.3 Å². The van der Waals surface area contributed by atoms with Crippen molar-refractivity contribution in [3.8, 4) is 0 Å². The highest BCUT2D eigenvalue weighted by atomic mass is 16.5. The van der Waals surface area contributed by atoms with Gasteiger partial charge in [0.15, 0.2) is 0 Å². The van der Waals surface area contributed by atoms with E-state index in [2.05, 4.69) is 26.3 Å². The largest absolute Gasteiger partial charge is 0.466 e. The normalized spacial score (nSPS) is 14.8. The van der Waals surface area contributed by atoms with Crippen LogP contribution in [0.4, 0.5) is 11.5 Å². The van der Waals surface area contributed by atoms with Crippen LogP contribution >= 0.6 is 0 Å². The summed E-state index contributed by atoms with van der Waals surface area (Å²) in [6.07, 6.45) is 0.278. The van der Waals surface area contributed by atoms with E-state index in [9.17, 15) is 9.59 Å². The molecule has 1 saturated heterocycles. The highest BCUT2D eigenvalue weighted by Gasteiger charge is 2.32. The van der Waals surface area contributed by atoms with Gasteiger partial charge in [-0.15, -0.1) is 0 Å². The zero-order valence-corrected chi connectivity index (χ0v) is 18.8. The predicted molar refractivity (Wildman–Crippen MR) is 115 cm³/mol. The summed E-state index contributed by atoms with van der Waals surface area (Å²) >= 11 is 0. The van der Waals surface area contributed by atoms with Gasteiger partial charge < -0.3 is 28.7 Å². The number of ether oxygens (including phenoxy) is 2. The van der Waals surface area contributed by atoms with E-state index in [4.69, 9.17) is 9.47 Å². The van der Waals surface area contributed by atoms with Crippen molar-refractivity contribution in [1.82, 2.24) is 9.47 Å². The highest BCUT2D eigenvalue weighted by molar-refractivity contribution is 6.01. The highest BCUT2D eigenvalue weighted by Crippen LogP contribution is 2.38. The van der Waals surface area contributed by atoms with E-state index in [-0.39, 0.29) is 18.4 Å². The Labute approximate surface area is 174 Å². The lowest BCUT2D eigenvalue weighted by Crippen LogP contribution is -2.45. The van der Waals surface area contributed by atoms with Gasteiger partial charge in [0.2, 0.25) is 0 Å². The van der Waals surface area contributed by atoms with Gasteiger partial charge in [-0.05, 0) is 34.7 Å². The molecular weight excluding hydrogens is 372 g/mol. The number of hydrogen-bond donors (Lipinski definition) is 0. The Kier molecular flexibility index (Phi) is 8.37.